The normalized spacial score (nSPS) is 20.1. The number of aryl methyl sites for hydroxylation is 1. The van der Waals surface area contributed by atoms with Crippen molar-refractivity contribution in [2.45, 2.75) is 46.3 Å². The highest BCUT2D eigenvalue weighted by atomic mass is 16.6. The summed E-state index contributed by atoms with van der Waals surface area (Å²) in [4.78, 5) is 15.8. The second-order valence-corrected chi connectivity index (χ2v) is 6.07. The molecule has 1 atom stereocenters. The van der Waals surface area contributed by atoms with E-state index in [2.05, 4.69) is 10.2 Å². The first-order valence-corrected chi connectivity index (χ1v) is 6.81. The molecular weight excluding hydrogens is 260 g/mol. The van der Waals surface area contributed by atoms with Crippen LogP contribution in [0.3, 0.4) is 0 Å². The lowest BCUT2D eigenvalue weighted by Crippen LogP contribution is -2.54. The number of ether oxygens (including phenoxy) is 1. The van der Waals surface area contributed by atoms with Crippen LogP contribution in [0.1, 0.15) is 33.6 Å². The summed E-state index contributed by atoms with van der Waals surface area (Å²) in [6.45, 7) is 11.2. The number of hydrogen-bond donors (Lipinski definition) is 0. The third-order valence-electron chi connectivity index (χ3n) is 3.04. The van der Waals surface area contributed by atoms with Gasteiger partial charge in [0.05, 0.1) is 0 Å². The first-order chi connectivity index (χ1) is 9.26. The molecule has 1 fully saturated rings. The maximum Gasteiger partial charge on any atom is 0.410 e. The molecule has 0 aromatic carbocycles. The Labute approximate surface area is 118 Å². The van der Waals surface area contributed by atoms with Crippen molar-refractivity contribution in [3.63, 3.8) is 0 Å². The summed E-state index contributed by atoms with van der Waals surface area (Å²) in [6.07, 6.45) is -0.272. The molecule has 1 saturated heterocycles. The van der Waals surface area contributed by atoms with E-state index < -0.39 is 5.60 Å². The van der Waals surface area contributed by atoms with E-state index in [-0.39, 0.29) is 12.1 Å². The Morgan fingerprint density at radius 2 is 2.05 bits per heavy atom. The van der Waals surface area contributed by atoms with E-state index >= 15 is 0 Å². The Morgan fingerprint density at radius 1 is 1.35 bits per heavy atom. The van der Waals surface area contributed by atoms with Gasteiger partial charge < -0.3 is 19.0 Å². The Kier molecular flexibility index (Phi) is 3.87. The van der Waals surface area contributed by atoms with Crippen LogP contribution in [0.15, 0.2) is 4.42 Å². The number of aromatic nitrogens is 2. The van der Waals surface area contributed by atoms with Crippen LogP contribution in [0.2, 0.25) is 0 Å². The maximum atomic E-state index is 12.0. The number of nitrogens with zero attached hydrogens (tertiary/aromatic N) is 4. The molecule has 0 bridgehead atoms. The smallest absolute Gasteiger partial charge is 0.410 e. The summed E-state index contributed by atoms with van der Waals surface area (Å²) in [6, 6.07) is 0.620. The summed E-state index contributed by atoms with van der Waals surface area (Å²) < 4.78 is 10.8. The molecule has 2 heterocycles. The van der Waals surface area contributed by atoms with E-state index in [1.165, 1.54) is 0 Å². The van der Waals surface area contributed by atoms with Gasteiger partial charge >= 0.3 is 12.1 Å². The van der Waals surface area contributed by atoms with Gasteiger partial charge in [0.15, 0.2) is 0 Å². The lowest BCUT2D eigenvalue weighted by Gasteiger charge is -2.39. The van der Waals surface area contributed by atoms with Crippen molar-refractivity contribution in [1.29, 1.82) is 0 Å². The van der Waals surface area contributed by atoms with E-state index in [9.17, 15) is 4.79 Å². The number of carbonyl (C=O) groups is 1. The van der Waals surface area contributed by atoms with Gasteiger partial charge in [-0.05, 0) is 27.7 Å². The summed E-state index contributed by atoms with van der Waals surface area (Å²) >= 11 is 0. The molecule has 1 aliphatic heterocycles. The van der Waals surface area contributed by atoms with Crippen LogP contribution in [0.4, 0.5) is 10.8 Å². The van der Waals surface area contributed by atoms with Gasteiger partial charge in [-0.2, -0.15) is 0 Å². The standard InChI is InChI=1S/C13H22N4O3/c1-9-8-16(12(18)20-13(3,4)5)6-7-17(9)11-15-14-10(2)19-11/h9H,6-8H2,1-5H3. The fourth-order valence-electron chi connectivity index (χ4n) is 2.14. The molecule has 1 aromatic heterocycles. The van der Waals surface area contributed by atoms with Crippen LogP contribution >= 0.6 is 0 Å². The van der Waals surface area contributed by atoms with Crippen molar-refractivity contribution in [3.05, 3.63) is 5.89 Å². The molecule has 2 rings (SSSR count). The fourth-order valence-corrected chi connectivity index (χ4v) is 2.14. The Hall–Kier alpha value is -1.79. The molecule has 0 N–H and O–H groups in total. The van der Waals surface area contributed by atoms with E-state index in [0.717, 1.165) is 0 Å². The van der Waals surface area contributed by atoms with Gasteiger partial charge in [-0.3, -0.25) is 0 Å². The SMILES string of the molecule is Cc1nnc(N2CCN(C(=O)OC(C)(C)C)CC2C)o1. The minimum Gasteiger partial charge on any atom is -0.444 e. The molecule has 20 heavy (non-hydrogen) atoms. The fraction of sp³-hybridized carbons (Fsp3) is 0.769. The lowest BCUT2D eigenvalue weighted by molar-refractivity contribution is 0.0216. The number of amides is 1. The maximum absolute atomic E-state index is 12.0. The number of hydrogen-bond acceptors (Lipinski definition) is 6. The average Bonchev–Trinajstić information content (AvgIpc) is 2.73. The van der Waals surface area contributed by atoms with Crippen molar-refractivity contribution in [1.82, 2.24) is 15.1 Å². The molecular formula is C13H22N4O3. The molecule has 1 amide bonds. The number of rotatable bonds is 1. The first-order valence-electron chi connectivity index (χ1n) is 6.81. The molecule has 1 aromatic rings. The number of piperazine rings is 1. The van der Waals surface area contributed by atoms with E-state index in [4.69, 9.17) is 9.15 Å². The summed E-state index contributed by atoms with van der Waals surface area (Å²) in [5.74, 6) is 0.543. The van der Waals surface area contributed by atoms with E-state index in [1.54, 1.807) is 11.8 Å². The van der Waals surface area contributed by atoms with Crippen LogP contribution in [0, 0.1) is 6.92 Å². The van der Waals surface area contributed by atoms with Crippen molar-refractivity contribution < 1.29 is 13.9 Å². The topological polar surface area (TPSA) is 71.7 Å². The van der Waals surface area contributed by atoms with Gasteiger partial charge in [-0.15, -0.1) is 5.10 Å². The van der Waals surface area contributed by atoms with Crippen LogP contribution in [-0.4, -0.2) is 52.5 Å². The minimum atomic E-state index is -0.471. The molecule has 112 valence electrons. The summed E-state index contributed by atoms with van der Waals surface area (Å²) in [7, 11) is 0. The summed E-state index contributed by atoms with van der Waals surface area (Å²) in [5, 5.41) is 7.86. The zero-order chi connectivity index (χ0) is 14.9. The van der Waals surface area contributed by atoms with E-state index in [0.29, 0.717) is 31.5 Å². The Bertz CT molecular complexity index is 480. The quantitative estimate of drug-likeness (QED) is 0.782. The van der Waals surface area contributed by atoms with E-state index in [1.807, 2.05) is 32.6 Å². The van der Waals surface area contributed by atoms with Gasteiger partial charge in [-0.1, -0.05) is 5.10 Å². The molecule has 0 spiro atoms. The molecule has 7 heteroatoms. The molecule has 7 nitrogen and oxygen atoms in total. The van der Waals surface area contributed by atoms with Gasteiger partial charge in [0.1, 0.15) is 5.60 Å². The van der Waals surface area contributed by atoms with Crippen LogP contribution < -0.4 is 4.90 Å². The van der Waals surface area contributed by atoms with Crippen molar-refractivity contribution in [3.8, 4) is 0 Å². The van der Waals surface area contributed by atoms with Gasteiger partial charge in [0, 0.05) is 32.6 Å². The van der Waals surface area contributed by atoms with Crippen molar-refractivity contribution >= 4 is 12.1 Å². The largest absolute Gasteiger partial charge is 0.444 e. The van der Waals surface area contributed by atoms with Crippen molar-refractivity contribution in [2.24, 2.45) is 0 Å². The van der Waals surface area contributed by atoms with Crippen molar-refractivity contribution in [2.75, 3.05) is 24.5 Å². The molecule has 0 saturated carbocycles. The highest BCUT2D eigenvalue weighted by molar-refractivity contribution is 5.68. The molecule has 0 aliphatic carbocycles. The van der Waals surface area contributed by atoms with Crippen LogP contribution in [0.5, 0.6) is 0 Å². The monoisotopic (exact) mass is 282 g/mol. The second-order valence-electron chi connectivity index (χ2n) is 6.07. The summed E-state index contributed by atoms with van der Waals surface area (Å²) in [5.41, 5.74) is -0.471. The number of carbonyl (C=O) groups excluding carboxylic acids is 1. The van der Waals surface area contributed by atoms with Crippen LogP contribution in [0.25, 0.3) is 0 Å². The highest BCUT2D eigenvalue weighted by Crippen LogP contribution is 2.20. The zero-order valence-electron chi connectivity index (χ0n) is 12.7. The minimum absolute atomic E-state index is 0.108. The molecule has 1 aliphatic rings. The Balaban J connectivity index is 1.97. The predicted octanol–water partition coefficient (Wildman–Crippen LogP) is 1.82. The molecule has 0 radical (unpaired) electrons. The second kappa shape index (κ2) is 5.30. The third-order valence-corrected chi connectivity index (χ3v) is 3.04. The van der Waals surface area contributed by atoms with Gasteiger partial charge in [0.25, 0.3) is 0 Å². The third kappa shape index (κ3) is 3.40. The first kappa shape index (κ1) is 14.6. The van der Waals surface area contributed by atoms with Crippen LogP contribution in [-0.2, 0) is 4.74 Å². The molecule has 1 unspecified atom stereocenters. The average molecular weight is 282 g/mol. The zero-order valence-corrected chi connectivity index (χ0v) is 12.7. The highest BCUT2D eigenvalue weighted by Gasteiger charge is 2.31. The van der Waals surface area contributed by atoms with Gasteiger partial charge in [0.2, 0.25) is 5.89 Å². The number of anilines is 1. The van der Waals surface area contributed by atoms with Gasteiger partial charge in [-0.25, -0.2) is 4.79 Å². The Morgan fingerprint density at radius 3 is 2.55 bits per heavy atom. The lowest BCUT2D eigenvalue weighted by atomic mass is 10.2. The predicted molar refractivity (Wildman–Crippen MR) is 73.7 cm³/mol.